The van der Waals surface area contributed by atoms with Gasteiger partial charge in [-0.25, -0.2) is 0 Å². The molecule has 0 spiro atoms. The van der Waals surface area contributed by atoms with Crippen LogP contribution in [0.5, 0.6) is 0 Å². The van der Waals surface area contributed by atoms with Gasteiger partial charge in [0.1, 0.15) is 0 Å². The minimum absolute atomic E-state index is 0. The number of thioether (sulfide) groups is 1. The molecule has 1 aromatic carbocycles. The Morgan fingerprint density at radius 1 is 1.30 bits per heavy atom. The number of carbonyl (C=O) groups excluding carboxylic acids is 2. The maximum absolute atomic E-state index is 12.2. The van der Waals surface area contributed by atoms with E-state index in [1.807, 2.05) is 11.9 Å². The summed E-state index contributed by atoms with van der Waals surface area (Å²) < 4.78 is 0. The molecule has 0 radical (unpaired) electrons. The Balaban J connectivity index is 0.00000264. The summed E-state index contributed by atoms with van der Waals surface area (Å²) in [5, 5.41) is 3.84. The van der Waals surface area contributed by atoms with Crippen molar-refractivity contribution in [3.05, 3.63) is 34.9 Å². The standard InChI is InChI=1S/C16H21ClN2O2S.ClH/c1-18-14-3-2-8-19(9-14)16(21)11-22-10-15(20)12-4-6-13(17)7-5-12;/h4-7,14,18H,2-3,8-11H2,1H3;1H. The number of ketones is 1. The van der Waals surface area contributed by atoms with E-state index in [2.05, 4.69) is 5.32 Å². The topological polar surface area (TPSA) is 49.4 Å². The molecule has 7 heteroatoms. The first-order valence-electron chi connectivity index (χ1n) is 7.41. The van der Waals surface area contributed by atoms with Gasteiger partial charge in [0, 0.05) is 29.7 Å². The third-order valence-electron chi connectivity index (χ3n) is 3.81. The summed E-state index contributed by atoms with van der Waals surface area (Å²) in [5.74, 6) is 0.821. The van der Waals surface area contributed by atoms with Gasteiger partial charge in [0.15, 0.2) is 5.78 Å². The van der Waals surface area contributed by atoms with Crippen molar-refractivity contribution in [2.75, 3.05) is 31.6 Å². The highest BCUT2D eigenvalue weighted by Crippen LogP contribution is 2.14. The molecule has 1 fully saturated rings. The average Bonchev–Trinajstić information content (AvgIpc) is 2.55. The zero-order valence-electron chi connectivity index (χ0n) is 13.1. The number of likely N-dealkylation sites (N-methyl/N-ethyl adjacent to an activating group) is 1. The summed E-state index contributed by atoms with van der Waals surface area (Å²) in [6.07, 6.45) is 2.15. The van der Waals surface area contributed by atoms with Gasteiger partial charge < -0.3 is 10.2 Å². The van der Waals surface area contributed by atoms with Gasteiger partial charge in [-0.1, -0.05) is 11.6 Å². The lowest BCUT2D eigenvalue weighted by atomic mass is 10.1. The molecular formula is C16H22Cl2N2O2S. The largest absolute Gasteiger partial charge is 0.340 e. The van der Waals surface area contributed by atoms with Gasteiger partial charge in [-0.15, -0.1) is 24.2 Å². The van der Waals surface area contributed by atoms with Gasteiger partial charge in [0.25, 0.3) is 0 Å². The van der Waals surface area contributed by atoms with Crippen molar-refractivity contribution in [2.45, 2.75) is 18.9 Å². The Morgan fingerprint density at radius 3 is 2.65 bits per heavy atom. The molecule has 0 aliphatic carbocycles. The summed E-state index contributed by atoms with van der Waals surface area (Å²) in [7, 11) is 1.93. The van der Waals surface area contributed by atoms with Crippen molar-refractivity contribution >= 4 is 47.5 Å². The summed E-state index contributed by atoms with van der Waals surface area (Å²) >= 11 is 7.18. The fraction of sp³-hybridized carbons (Fsp3) is 0.500. The molecule has 0 aromatic heterocycles. The minimum atomic E-state index is 0. The van der Waals surface area contributed by atoms with Crippen LogP contribution in [0.15, 0.2) is 24.3 Å². The van der Waals surface area contributed by atoms with Crippen LogP contribution in [-0.2, 0) is 4.79 Å². The normalized spacial score (nSPS) is 17.5. The fourth-order valence-corrected chi connectivity index (χ4v) is 3.42. The molecule has 1 unspecified atom stereocenters. The van der Waals surface area contributed by atoms with E-state index in [9.17, 15) is 9.59 Å². The molecule has 1 heterocycles. The van der Waals surface area contributed by atoms with Crippen LogP contribution in [-0.4, -0.2) is 54.3 Å². The maximum atomic E-state index is 12.2. The van der Waals surface area contributed by atoms with Crippen molar-refractivity contribution in [2.24, 2.45) is 0 Å². The van der Waals surface area contributed by atoms with Crippen LogP contribution in [0.25, 0.3) is 0 Å². The Morgan fingerprint density at radius 2 is 2.00 bits per heavy atom. The van der Waals surface area contributed by atoms with Gasteiger partial charge in [0.05, 0.1) is 11.5 Å². The molecule has 0 bridgehead atoms. The molecule has 1 aliphatic heterocycles. The lowest BCUT2D eigenvalue weighted by Crippen LogP contribution is -2.47. The molecular weight excluding hydrogens is 355 g/mol. The fourth-order valence-electron chi connectivity index (χ4n) is 2.48. The summed E-state index contributed by atoms with van der Waals surface area (Å²) in [4.78, 5) is 26.1. The molecule has 1 N–H and O–H groups in total. The molecule has 128 valence electrons. The van der Waals surface area contributed by atoms with Gasteiger partial charge in [0.2, 0.25) is 5.91 Å². The van der Waals surface area contributed by atoms with E-state index in [4.69, 9.17) is 11.6 Å². The molecule has 0 saturated carbocycles. The number of amides is 1. The van der Waals surface area contributed by atoms with Crippen molar-refractivity contribution in [3.8, 4) is 0 Å². The number of piperidine rings is 1. The number of rotatable bonds is 6. The van der Waals surface area contributed by atoms with E-state index < -0.39 is 0 Å². The van der Waals surface area contributed by atoms with Gasteiger partial charge >= 0.3 is 0 Å². The summed E-state index contributed by atoms with van der Waals surface area (Å²) in [6, 6.07) is 7.23. The molecule has 1 aromatic rings. The van der Waals surface area contributed by atoms with Crippen LogP contribution in [0.3, 0.4) is 0 Å². The van der Waals surface area contributed by atoms with Crippen LogP contribution in [0.4, 0.5) is 0 Å². The van der Waals surface area contributed by atoms with Gasteiger partial charge in [-0.2, -0.15) is 0 Å². The Labute approximate surface area is 152 Å². The predicted octanol–water partition coefficient (Wildman–Crippen LogP) is 2.89. The Hall–Kier alpha value is -0.750. The maximum Gasteiger partial charge on any atom is 0.232 e. The van der Waals surface area contributed by atoms with Crippen molar-refractivity contribution in [3.63, 3.8) is 0 Å². The Bertz CT molecular complexity index is 525. The van der Waals surface area contributed by atoms with E-state index in [1.165, 1.54) is 11.8 Å². The number of Topliss-reactive ketones (excluding diaryl/α,β-unsaturated/α-hetero) is 1. The number of hydrogen-bond acceptors (Lipinski definition) is 4. The third-order valence-corrected chi connectivity index (χ3v) is 4.98. The smallest absolute Gasteiger partial charge is 0.232 e. The summed E-state index contributed by atoms with van der Waals surface area (Å²) in [5.41, 5.74) is 0.637. The molecule has 1 aliphatic rings. The first-order valence-corrected chi connectivity index (χ1v) is 8.95. The van der Waals surface area contributed by atoms with Crippen LogP contribution < -0.4 is 5.32 Å². The lowest BCUT2D eigenvalue weighted by molar-refractivity contribution is -0.129. The molecule has 4 nitrogen and oxygen atoms in total. The highest BCUT2D eigenvalue weighted by molar-refractivity contribution is 8.00. The number of hydrogen-bond donors (Lipinski definition) is 1. The quantitative estimate of drug-likeness (QED) is 0.775. The first kappa shape index (κ1) is 20.3. The van der Waals surface area contributed by atoms with Crippen LogP contribution in [0.1, 0.15) is 23.2 Å². The number of nitrogens with zero attached hydrogens (tertiary/aromatic N) is 1. The molecule has 1 saturated heterocycles. The van der Waals surface area contributed by atoms with Gasteiger partial charge in [-0.3, -0.25) is 9.59 Å². The van der Waals surface area contributed by atoms with Crippen molar-refractivity contribution in [1.82, 2.24) is 10.2 Å². The van der Waals surface area contributed by atoms with Crippen molar-refractivity contribution < 1.29 is 9.59 Å². The molecule has 1 amide bonds. The monoisotopic (exact) mass is 376 g/mol. The van der Waals surface area contributed by atoms with E-state index in [0.717, 1.165) is 25.9 Å². The second-order valence-corrected chi connectivity index (χ2v) is 6.81. The zero-order chi connectivity index (χ0) is 15.9. The van der Waals surface area contributed by atoms with Crippen LogP contribution in [0.2, 0.25) is 5.02 Å². The highest BCUT2D eigenvalue weighted by Gasteiger charge is 2.22. The number of benzene rings is 1. The average molecular weight is 377 g/mol. The third kappa shape index (κ3) is 6.34. The second kappa shape index (κ2) is 10.2. The van der Waals surface area contributed by atoms with Gasteiger partial charge in [-0.05, 0) is 44.2 Å². The second-order valence-electron chi connectivity index (χ2n) is 5.39. The zero-order valence-corrected chi connectivity index (χ0v) is 15.5. The lowest BCUT2D eigenvalue weighted by Gasteiger charge is -2.32. The molecule has 1 atom stereocenters. The summed E-state index contributed by atoms with van der Waals surface area (Å²) in [6.45, 7) is 1.59. The van der Waals surface area contributed by atoms with Crippen LogP contribution in [0, 0.1) is 0 Å². The highest BCUT2D eigenvalue weighted by atomic mass is 35.5. The van der Waals surface area contributed by atoms with E-state index in [-0.39, 0.29) is 24.1 Å². The number of carbonyl (C=O) groups is 2. The number of halogens is 2. The van der Waals surface area contributed by atoms with Crippen LogP contribution >= 0.6 is 35.8 Å². The Kier molecular flexibility index (Phi) is 8.99. The molecule has 2 rings (SSSR count). The van der Waals surface area contributed by atoms with E-state index in [1.54, 1.807) is 24.3 Å². The predicted molar refractivity (Wildman–Crippen MR) is 99.0 cm³/mol. The minimum Gasteiger partial charge on any atom is -0.340 e. The SMILES string of the molecule is CNC1CCCN(C(=O)CSCC(=O)c2ccc(Cl)cc2)C1.Cl. The number of likely N-dealkylation sites (tertiary alicyclic amines) is 1. The molecule has 23 heavy (non-hydrogen) atoms. The first-order chi connectivity index (χ1) is 10.6. The van der Waals surface area contributed by atoms with Crippen molar-refractivity contribution in [1.29, 1.82) is 0 Å². The number of nitrogens with one attached hydrogen (secondary N) is 1. The van der Waals surface area contributed by atoms with E-state index in [0.29, 0.717) is 28.1 Å². The van der Waals surface area contributed by atoms with E-state index >= 15 is 0 Å².